The predicted octanol–water partition coefficient (Wildman–Crippen LogP) is 3.28. The van der Waals surface area contributed by atoms with E-state index in [9.17, 15) is 4.39 Å². The van der Waals surface area contributed by atoms with Crippen molar-refractivity contribution < 1.29 is 4.39 Å². The Morgan fingerprint density at radius 1 is 1.50 bits per heavy atom. The minimum atomic E-state index is -0.379. The van der Waals surface area contributed by atoms with Gasteiger partial charge in [0.1, 0.15) is 5.82 Å². The van der Waals surface area contributed by atoms with Crippen molar-refractivity contribution in [2.75, 3.05) is 0 Å². The molecule has 1 aromatic rings. The Bertz CT molecular complexity index is 336. The van der Waals surface area contributed by atoms with E-state index in [2.05, 4.69) is 0 Å². The van der Waals surface area contributed by atoms with E-state index in [-0.39, 0.29) is 16.9 Å². The van der Waals surface area contributed by atoms with Gasteiger partial charge in [-0.25, -0.2) is 4.39 Å². The Morgan fingerprint density at radius 3 is 2.86 bits per heavy atom. The van der Waals surface area contributed by atoms with Crippen molar-refractivity contribution in [3.63, 3.8) is 0 Å². The molecular weight excluding hydrogens is 201 g/mol. The van der Waals surface area contributed by atoms with E-state index < -0.39 is 0 Å². The van der Waals surface area contributed by atoms with Gasteiger partial charge in [-0.2, -0.15) is 0 Å². The molecule has 1 fully saturated rings. The van der Waals surface area contributed by atoms with E-state index in [1.54, 1.807) is 12.1 Å². The summed E-state index contributed by atoms with van der Waals surface area (Å²) in [4.78, 5) is 0. The minimum Gasteiger partial charge on any atom is -0.324 e. The summed E-state index contributed by atoms with van der Waals surface area (Å²) in [6.07, 6.45) is 3.42. The molecule has 3 heteroatoms. The monoisotopic (exact) mass is 213 g/mol. The Balaban J connectivity index is 2.16. The normalized spacial score (nSPS) is 18.2. The van der Waals surface area contributed by atoms with Gasteiger partial charge in [-0.1, -0.05) is 36.6 Å². The highest BCUT2D eigenvalue weighted by Crippen LogP contribution is 2.38. The van der Waals surface area contributed by atoms with Crippen LogP contribution < -0.4 is 5.73 Å². The maximum Gasteiger partial charge on any atom is 0.142 e. The first-order chi connectivity index (χ1) is 6.68. The van der Waals surface area contributed by atoms with Crippen LogP contribution in [0.2, 0.25) is 5.02 Å². The highest BCUT2D eigenvalue weighted by Gasteiger charge is 2.25. The lowest BCUT2D eigenvalue weighted by molar-refractivity contribution is 0.583. The molecule has 1 unspecified atom stereocenters. The summed E-state index contributed by atoms with van der Waals surface area (Å²) >= 11 is 5.84. The fourth-order valence-electron chi connectivity index (χ4n) is 1.65. The average molecular weight is 214 g/mol. The third-order valence-corrected chi connectivity index (χ3v) is 3.06. The van der Waals surface area contributed by atoms with Crippen molar-refractivity contribution in [2.24, 2.45) is 11.7 Å². The molecule has 0 amide bonds. The zero-order valence-electron chi connectivity index (χ0n) is 7.84. The quantitative estimate of drug-likeness (QED) is 0.820. The summed E-state index contributed by atoms with van der Waals surface area (Å²) in [6, 6.07) is 4.70. The van der Waals surface area contributed by atoms with E-state index in [1.165, 1.54) is 18.9 Å². The van der Waals surface area contributed by atoms with Gasteiger partial charge < -0.3 is 5.73 Å². The lowest BCUT2D eigenvalue weighted by Gasteiger charge is -2.13. The van der Waals surface area contributed by atoms with Crippen molar-refractivity contribution in [3.8, 4) is 0 Å². The molecule has 0 aromatic heterocycles. The molecule has 1 aliphatic rings. The van der Waals surface area contributed by atoms with Crippen LogP contribution in [-0.2, 0) is 0 Å². The van der Waals surface area contributed by atoms with E-state index in [4.69, 9.17) is 17.3 Å². The Kier molecular flexibility index (Phi) is 2.75. The SMILES string of the molecule is NC(CC1CC1)c1cccc(F)c1Cl. The molecular formula is C11H13ClFN. The summed E-state index contributed by atoms with van der Waals surface area (Å²) in [6.45, 7) is 0. The summed E-state index contributed by atoms with van der Waals surface area (Å²) in [7, 11) is 0. The van der Waals surface area contributed by atoms with Crippen LogP contribution in [0.5, 0.6) is 0 Å². The zero-order chi connectivity index (χ0) is 10.1. The lowest BCUT2D eigenvalue weighted by Crippen LogP contribution is -2.11. The number of nitrogens with two attached hydrogens (primary N) is 1. The Morgan fingerprint density at radius 2 is 2.21 bits per heavy atom. The van der Waals surface area contributed by atoms with E-state index in [1.807, 2.05) is 0 Å². The van der Waals surface area contributed by atoms with Gasteiger partial charge in [0.15, 0.2) is 0 Å². The maximum atomic E-state index is 13.1. The fraction of sp³-hybridized carbons (Fsp3) is 0.455. The molecule has 1 nitrogen and oxygen atoms in total. The van der Waals surface area contributed by atoms with Crippen LogP contribution in [0.25, 0.3) is 0 Å². The van der Waals surface area contributed by atoms with Crippen molar-refractivity contribution in [1.29, 1.82) is 0 Å². The smallest absolute Gasteiger partial charge is 0.142 e. The summed E-state index contributed by atoms with van der Waals surface area (Å²) in [5, 5.41) is 0.181. The van der Waals surface area contributed by atoms with Crippen LogP contribution in [-0.4, -0.2) is 0 Å². The molecule has 0 aliphatic heterocycles. The highest BCUT2D eigenvalue weighted by atomic mass is 35.5. The molecule has 0 bridgehead atoms. The minimum absolute atomic E-state index is 0.120. The van der Waals surface area contributed by atoms with Gasteiger partial charge in [0.25, 0.3) is 0 Å². The number of hydrogen-bond donors (Lipinski definition) is 1. The van der Waals surface area contributed by atoms with Crippen LogP contribution in [0.4, 0.5) is 4.39 Å². The van der Waals surface area contributed by atoms with Gasteiger partial charge >= 0.3 is 0 Å². The summed E-state index contributed by atoms with van der Waals surface area (Å²) in [5.41, 5.74) is 6.69. The standard InChI is InChI=1S/C11H13ClFN/c12-11-8(2-1-3-9(11)13)10(14)6-7-4-5-7/h1-3,7,10H,4-6,14H2. The van der Waals surface area contributed by atoms with Crippen molar-refractivity contribution >= 4 is 11.6 Å². The van der Waals surface area contributed by atoms with Crippen molar-refractivity contribution in [2.45, 2.75) is 25.3 Å². The van der Waals surface area contributed by atoms with E-state index >= 15 is 0 Å². The van der Waals surface area contributed by atoms with Crippen LogP contribution in [0, 0.1) is 11.7 Å². The molecule has 1 aliphatic carbocycles. The molecule has 1 saturated carbocycles. The number of benzene rings is 1. The second kappa shape index (κ2) is 3.87. The van der Waals surface area contributed by atoms with Gasteiger partial charge in [-0.15, -0.1) is 0 Å². The molecule has 76 valence electrons. The zero-order valence-corrected chi connectivity index (χ0v) is 8.60. The molecule has 0 radical (unpaired) electrons. The molecule has 0 spiro atoms. The number of halogens is 2. The van der Waals surface area contributed by atoms with E-state index in [0.717, 1.165) is 17.9 Å². The van der Waals surface area contributed by atoms with Crippen LogP contribution in [0.15, 0.2) is 18.2 Å². The first-order valence-corrected chi connectivity index (χ1v) is 5.25. The number of hydrogen-bond acceptors (Lipinski definition) is 1. The van der Waals surface area contributed by atoms with Gasteiger partial charge in [0, 0.05) is 6.04 Å². The first kappa shape index (κ1) is 9.94. The van der Waals surface area contributed by atoms with E-state index in [0.29, 0.717) is 0 Å². The summed E-state index contributed by atoms with van der Waals surface area (Å²) in [5.74, 6) is 0.347. The number of rotatable bonds is 3. The predicted molar refractivity (Wildman–Crippen MR) is 55.7 cm³/mol. The second-order valence-electron chi connectivity index (χ2n) is 3.93. The lowest BCUT2D eigenvalue weighted by atomic mass is 10.0. The molecule has 0 heterocycles. The molecule has 0 saturated heterocycles. The van der Waals surface area contributed by atoms with Crippen LogP contribution in [0.1, 0.15) is 30.9 Å². The third-order valence-electron chi connectivity index (χ3n) is 2.67. The van der Waals surface area contributed by atoms with Crippen molar-refractivity contribution in [3.05, 3.63) is 34.6 Å². The molecule has 14 heavy (non-hydrogen) atoms. The Hall–Kier alpha value is -0.600. The highest BCUT2D eigenvalue weighted by molar-refractivity contribution is 6.31. The second-order valence-corrected chi connectivity index (χ2v) is 4.31. The van der Waals surface area contributed by atoms with Gasteiger partial charge in [0.05, 0.1) is 5.02 Å². The molecule has 2 rings (SSSR count). The first-order valence-electron chi connectivity index (χ1n) is 4.88. The molecule has 1 atom stereocenters. The van der Waals surface area contributed by atoms with Crippen LogP contribution >= 0.6 is 11.6 Å². The van der Waals surface area contributed by atoms with Crippen LogP contribution in [0.3, 0.4) is 0 Å². The largest absolute Gasteiger partial charge is 0.324 e. The fourth-order valence-corrected chi connectivity index (χ4v) is 1.91. The van der Waals surface area contributed by atoms with Gasteiger partial charge in [-0.05, 0) is 24.0 Å². The summed E-state index contributed by atoms with van der Waals surface area (Å²) < 4.78 is 13.1. The van der Waals surface area contributed by atoms with Crippen molar-refractivity contribution in [1.82, 2.24) is 0 Å². The van der Waals surface area contributed by atoms with Gasteiger partial charge in [0.2, 0.25) is 0 Å². The topological polar surface area (TPSA) is 26.0 Å². The Labute approximate surface area is 88.1 Å². The van der Waals surface area contributed by atoms with Gasteiger partial charge in [-0.3, -0.25) is 0 Å². The maximum absolute atomic E-state index is 13.1. The molecule has 2 N–H and O–H groups in total. The molecule has 1 aromatic carbocycles. The average Bonchev–Trinajstić information content (AvgIpc) is 2.93. The third kappa shape index (κ3) is 2.07.